The average molecular weight is 255 g/mol. The average Bonchev–Trinajstić information content (AvgIpc) is 2.29. The number of nitrogens with two attached hydrogens (primary N) is 1. The summed E-state index contributed by atoms with van der Waals surface area (Å²) < 4.78 is 0. The maximum absolute atomic E-state index is 8.99. The summed E-state index contributed by atoms with van der Waals surface area (Å²) in [7, 11) is 0. The summed E-state index contributed by atoms with van der Waals surface area (Å²) in [6, 6.07) is 7.31. The minimum absolute atomic E-state index is 0.394. The minimum Gasteiger partial charge on any atom is -0.397 e. The van der Waals surface area contributed by atoms with Gasteiger partial charge in [-0.2, -0.15) is 5.26 Å². The van der Waals surface area contributed by atoms with E-state index >= 15 is 0 Å². The maximum Gasteiger partial charge on any atom is 0.0968 e. The number of benzene rings is 1. The van der Waals surface area contributed by atoms with Crippen molar-refractivity contribution in [3.63, 3.8) is 0 Å². The van der Waals surface area contributed by atoms with Gasteiger partial charge in [0.25, 0.3) is 0 Å². The lowest BCUT2D eigenvalue weighted by Crippen LogP contribution is -2.02. The van der Waals surface area contributed by atoms with E-state index in [4.69, 9.17) is 34.2 Å². The summed E-state index contributed by atoms with van der Waals surface area (Å²) in [5.41, 5.74) is 7.51. The number of hydrogen-bond acceptors (Lipinski definition) is 2. The first-order valence-electron chi connectivity index (χ1n) is 4.94. The second kappa shape index (κ2) is 5.79. The van der Waals surface area contributed by atoms with Crippen molar-refractivity contribution in [1.82, 2.24) is 0 Å². The van der Waals surface area contributed by atoms with E-state index in [0.29, 0.717) is 33.3 Å². The van der Waals surface area contributed by atoms with Gasteiger partial charge in [-0.05, 0) is 12.5 Å². The topological polar surface area (TPSA) is 49.8 Å². The molecule has 0 radical (unpaired) electrons. The first-order chi connectivity index (χ1) is 7.61. The van der Waals surface area contributed by atoms with Crippen LogP contribution in [-0.4, -0.2) is 0 Å². The molecule has 2 N–H and O–H groups in total. The lowest BCUT2D eigenvalue weighted by molar-refractivity contribution is 0.929. The molecular weight excluding hydrogens is 243 g/mol. The zero-order chi connectivity index (χ0) is 12.1. The van der Waals surface area contributed by atoms with Gasteiger partial charge in [0.05, 0.1) is 27.4 Å². The van der Waals surface area contributed by atoms with Gasteiger partial charge in [0.15, 0.2) is 0 Å². The first kappa shape index (κ1) is 12.9. The maximum atomic E-state index is 8.99. The molecule has 0 aliphatic carbocycles. The van der Waals surface area contributed by atoms with E-state index in [1.54, 1.807) is 18.2 Å². The highest BCUT2D eigenvalue weighted by molar-refractivity contribution is 6.43. The highest BCUT2D eigenvalue weighted by Gasteiger charge is 2.10. The van der Waals surface area contributed by atoms with Crippen molar-refractivity contribution in [3.8, 4) is 6.07 Å². The summed E-state index contributed by atoms with van der Waals surface area (Å²) in [6.45, 7) is 1.99. The predicted molar refractivity (Wildman–Crippen MR) is 68.1 cm³/mol. The molecule has 84 valence electrons. The normalized spacial score (nSPS) is 11.9. The molecular formula is C12H12Cl2N2. The first-order valence-corrected chi connectivity index (χ1v) is 5.70. The van der Waals surface area contributed by atoms with Crippen LogP contribution in [0.3, 0.4) is 0 Å². The molecule has 0 aliphatic heterocycles. The number of allylic oxidation sites excluding steroid dienone is 1. The summed E-state index contributed by atoms with van der Waals surface area (Å²) >= 11 is 11.9. The highest BCUT2D eigenvalue weighted by Crippen LogP contribution is 2.30. The van der Waals surface area contributed by atoms with Gasteiger partial charge in [0.1, 0.15) is 0 Å². The second-order valence-corrected chi connectivity index (χ2v) is 4.14. The molecule has 0 fully saturated rings. The van der Waals surface area contributed by atoms with Crippen LogP contribution in [0, 0.1) is 11.3 Å². The Morgan fingerprint density at radius 2 is 2.12 bits per heavy atom. The van der Waals surface area contributed by atoms with Gasteiger partial charge in [-0.1, -0.05) is 48.7 Å². The minimum atomic E-state index is 0.394. The van der Waals surface area contributed by atoms with Crippen LogP contribution in [0.25, 0.3) is 5.70 Å². The summed E-state index contributed by atoms with van der Waals surface area (Å²) in [4.78, 5) is 0. The Morgan fingerprint density at radius 3 is 2.69 bits per heavy atom. The highest BCUT2D eigenvalue weighted by atomic mass is 35.5. The predicted octanol–water partition coefficient (Wildman–Crippen LogP) is 3.99. The van der Waals surface area contributed by atoms with Crippen LogP contribution in [0.15, 0.2) is 23.8 Å². The number of nitrogens with zero attached hydrogens (tertiary/aromatic N) is 1. The van der Waals surface area contributed by atoms with Gasteiger partial charge in [-0.3, -0.25) is 0 Å². The quantitative estimate of drug-likeness (QED) is 0.830. The van der Waals surface area contributed by atoms with E-state index in [9.17, 15) is 0 Å². The van der Waals surface area contributed by atoms with E-state index in [1.165, 1.54) is 0 Å². The van der Waals surface area contributed by atoms with Gasteiger partial charge in [-0.15, -0.1) is 0 Å². The van der Waals surface area contributed by atoms with Gasteiger partial charge in [0.2, 0.25) is 0 Å². The van der Waals surface area contributed by atoms with Crippen molar-refractivity contribution < 1.29 is 0 Å². The molecule has 0 saturated heterocycles. The lowest BCUT2D eigenvalue weighted by atomic mass is 10.0. The zero-order valence-electron chi connectivity index (χ0n) is 8.93. The fourth-order valence-electron chi connectivity index (χ4n) is 1.38. The third-order valence-corrected chi connectivity index (χ3v) is 3.02. The lowest BCUT2D eigenvalue weighted by Gasteiger charge is -2.08. The fraction of sp³-hybridized carbons (Fsp3) is 0.250. The smallest absolute Gasteiger partial charge is 0.0968 e. The standard InChI is InChI=1S/C12H12Cl2N2/c1-2-4-8(7-15)12(16)9-5-3-6-10(13)11(9)14/h3,5-6H,2,4,16H2,1H3/b12-8-. The van der Waals surface area contributed by atoms with Crippen molar-refractivity contribution in [3.05, 3.63) is 39.4 Å². The van der Waals surface area contributed by atoms with E-state index in [-0.39, 0.29) is 0 Å². The number of halogens is 2. The molecule has 0 amide bonds. The Balaban J connectivity index is 3.28. The van der Waals surface area contributed by atoms with Crippen molar-refractivity contribution in [2.45, 2.75) is 19.8 Å². The van der Waals surface area contributed by atoms with Crippen LogP contribution in [0.5, 0.6) is 0 Å². The Kier molecular flexibility index (Phi) is 4.67. The molecule has 0 unspecified atom stereocenters. The number of hydrogen-bond donors (Lipinski definition) is 1. The molecule has 4 heteroatoms. The molecule has 2 nitrogen and oxygen atoms in total. The van der Waals surface area contributed by atoms with Gasteiger partial charge in [0, 0.05) is 5.56 Å². The molecule has 0 aromatic heterocycles. The Hall–Kier alpha value is -1.17. The van der Waals surface area contributed by atoms with E-state index < -0.39 is 0 Å². The van der Waals surface area contributed by atoms with Crippen LogP contribution >= 0.6 is 23.2 Å². The van der Waals surface area contributed by atoms with Crippen molar-refractivity contribution in [2.75, 3.05) is 0 Å². The molecule has 1 aromatic rings. The Labute approximate surface area is 105 Å². The van der Waals surface area contributed by atoms with Crippen LogP contribution in [0.1, 0.15) is 25.3 Å². The van der Waals surface area contributed by atoms with Gasteiger partial charge < -0.3 is 5.73 Å². The molecule has 16 heavy (non-hydrogen) atoms. The third-order valence-electron chi connectivity index (χ3n) is 2.20. The molecule has 0 aliphatic rings. The van der Waals surface area contributed by atoms with Crippen LogP contribution in [0.2, 0.25) is 10.0 Å². The van der Waals surface area contributed by atoms with Crippen LogP contribution in [-0.2, 0) is 0 Å². The molecule has 1 rings (SSSR count). The van der Waals surface area contributed by atoms with Gasteiger partial charge in [-0.25, -0.2) is 0 Å². The SMILES string of the molecule is CCC/C(C#N)=C(/N)c1cccc(Cl)c1Cl. The number of rotatable bonds is 3. The number of nitriles is 1. The monoisotopic (exact) mass is 254 g/mol. The molecule has 0 atom stereocenters. The zero-order valence-corrected chi connectivity index (χ0v) is 10.4. The molecule has 0 heterocycles. The van der Waals surface area contributed by atoms with Crippen molar-refractivity contribution in [2.24, 2.45) is 5.73 Å². The molecule has 0 saturated carbocycles. The van der Waals surface area contributed by atoms with Crippen LogP contribution in [0.4, 0.5) is 0 Å². The Bertz CT molecular complexity index is 459. The molecule has 0 spiro atoms. The van der Waals surface area contributed by atoms with E-state index in [0.717, 1.165) is 6.42 Å². The van der Waals surface area contributed by atoms with Crippen molar-refractivity contribution >= 4 is 28.9 Å². The third kappa shape index (κ3) is 2.69. The van der Waals surface area contributed by atoms with Crippen molar-refractivity contribution in [1.29, 1.82) is 5.26 Å². The Morgan fingerprint density at radius 1 is 1.44 bits per heavy atom. The molecule has 0 bridgehead atoms. The largest absolute Gasteiger partial charge is 0.397 e. The second-order valence-electron chi connectivity index (χ2n) is 3.36. The van der Waals surface area contributed by atoms with Gasteiger partial charge >= 0.3 is 0 Å². The van der Waals surface area contributed by atoms with Crippen LogP contribution < -0.4 is 5.73 Å². The summed E-state index contributed by atoms with van der Waals surface area (Å²) in [5, 5.41) is 9.82. The van der Waals surface area contributed by atoms with E-state index in [2.05, 4.69) is 6.07 Å². The van der Waals surface area contributed by atoms with E-state index in [1.807, 2.05) is 6.92 Å². The molecule has 1 aromatic carbocycles. The summed E-state index contributed by atoms with van der Waals surface area (Å²) in [6.07, 6.45) is 1.51. The fourth-order valence-corrected chi connectivity index (χ4v) is 1.78. The summed E-state index contributed by atoms with van der Waals surface area (Å²) in [5.74, 6) is 0.